The van der Waals surface area contributed by atoms with Crippen molar-refractivity contribution in [3.8, 4) is 0 Å². The Morgan fingerprint density at radius 1 is 1.11 bits per heavy atom. The molecule has 0 aliphatic carbocycles. The second-order valence-electron chi connectivity index (χ2n) is 2.59. The molecule has 9 heavy (non-hydrogen) atoms. The van der Waals surface area contributed by atoms with Gasteiger partial charge in [-0.3, -0.25) is 0 Å². The number of benzene rings is 1. The van der Waals surface area contributed by atoms with E-state index < -0.39 is 0 Å². The van der Waals surface area contributed by atoms with Gasteiger partial charge in [-0.1, -0.05) is 23.4 Å². The summed E-state index contributed by atoms with van der Waals surface area (Å²) in [6.45, 7) is 4.31. The van der Waals surface area contributed by atoms with Crippen LogP contribution in [0.3, 0.4) is 0 Å². The third-order valence-electron chi connectivity index (χ3n) is 1.66. The average Bonchev–Trinajstić information content (AvgIpc) is 1.80. The van der Waals surface area contributed by atoms with Crippen molar-refractivity contribution in [1.82, 2.24) is 0 Å². The molecule has 0 N–H and O–H groups in total. The molecule has 1 aromatic rings. The Bertz CT molecular complexity index is 216. The van der Waals surface area contributed by atoms with E-state index in [1.807, 2.05) is 0 Å². The van der Waals surface area contributed by atoms with E-state index in [2.05, 4.69) is 32.0 Å². The summed E-state index contributed by atoms with van der Waals surface area (Å²) in [5.74, 6) is 0. The average molecular weight is 136 g/mol. The lowest BCUT2D eigenvalue weighted by atomic mass is 10.1. The molecule has 0 nitrogen and oxygen atoms in total. The molecular weight excluding hydrogens is 124 g/mol. The summed E-state index contributed by atoms with van der Waals surface area (Å²) in [7, 11) is 1.17. The van der Waals surface area contributed by atoms with Gasteiger partial charge in [0.2, 0.25) is 0 Å². The summed E-state index contributed by atoms with van der Waals surface area (Å²) >= 11 is 0. The summed E-state index contributed by atoms with van der Waals surface area (Å²) in [5, 5.41) is 1.48. The van der Waals surface area contributed by atoms with Gasteiger partial charge in [0.25, 0.3) is 0 Å². The summed E-state index contributed by atoms with van der Waals surface area (Å²) < 4.78 is 0. The first-order valence-corrected chi connectivity index (χ1v) is 4.24. The lowest BCUT2D eigenvalue weighted by Crippen LogP contribution is -2.01. The van der Waals surface area contributed by atoms with E-state index >= 15 is 0 Å². The lowest BCUT2D eigenvalue weighted by Gasteiger charge is -1.98. The topological polar surface area (TPSA) is 0 Å². The molecule has 0 heterocycles. The molecule has 0 saturated carbocycles. The van der Waals surface area contributed by atoms with E-state index in [1.54, 1.807) is 0 Å². The van der Waals surface area contributed by atoms with Crippen LogP contribution in [-0.4, -0.2) is 10.2 Å². The fraction of sp³-hybridized carbons (Fsp3) is 0.250. The molecule has 0 radical (unpaired) electrons. The molecule has 0 unspecified atom stereocenters. The van der Waals surface area contributed by atoms with E-state index in [9.17, 15) is 0 Å². The Labute approximate surface area is 59.3 Å². The second kappa shape index (κ2) is 2.36. The lowest BCUT2D eigenvalue weighted by molar-refractivity contribution is 1.35. The molecule has 0 aliphatic rings. The van der Waals surface area contributed by atoms with E-state index in [-0.39, 0.29) is 0 Å². The fourth-order valence-corrected chi connectivity index (χ4v) is 1.49. The molecule has 1 heteroatoms. The zero-order valence-corrected chi connectivity index (χ0v) is 8.23. The molecule has 0 amide bonds. The maximum absolute atomic E-state index is 2.27. The highest BCUT2D eigenvalue weighted by atomic mass is 28.1. The molecule has 1 aromatic carbocycles. The summed E-state index contributed by atoms with van der Waals surface area (Å²) in [5.41, 5.74) is 2.82. The van der Waals surface area contributed by atoms with Crippen molar-refractivity contribution >= 4 is 15.4 Å². The third kappa shape index (κ3) is 1.42. The van der Waals surface area contributed by atoms with Crippen LogP contribution in [0.15, 0.2) is 18.2 Å². The van der Waals surface area contributed by atoms with Crippen LogP contribution >= 0.6 is 0 Å². The summed E-state index contributed by atoms with van der Waals surface area (Å²) in [4.78, 5) is 0. The van der Waals surface area contributed by atoms with Gasteiger partial charge >= 0.3 is 0 Å². The molecule has 0 bridgehead atoms. The highest BCUT2D eigenvalue weighted by molar-refractivity contribution is 6.32. The number of rotatable bonds is 0. The Hall–Kier alpha value is -0.563. The maximum Gasteiger partial charge on any atom is 0.0385 e. The van der Waals surface area contributed by atoms with Crippen LogP contribution in [0.1, 0.15) is 11.1 Å². The van der Waals surface area contributed by atoms with Crippen molar-refractivity contribution in [1.29, 1.82) is 0 Å². The smallest absolute Gasteiger partial charge is 0.0385 e. The van der Waals surface area contributed by atoms with Gasteiger partial charge in [0.15, 0.2) is 0 Å². The van der Waals surface area contributed by atoms with Gasteiger partial charge in [-0.2, -0.15) is 0 Å². The molecule has 1 rings (SSSR count). The normalized spacial score (nSPS) is 10.0. The Morgan fingerprint density at radius 2 is 1.78 bits per heavy atom. The summed E-state index contributed by atoms with van der Waals surface area (Å²) in [6.07, 6.45) is 0. The van der Waals surface area contributed by atoms with Crippen molar-refractivity contribution in [2.45, 2.75) is 13.8 Å². The zero-order chi connectivity index (χ0) is 6.85. The van der Waals surface area contributed by atoms with E-state index in [1.165, 1.54) is 26.6 Å². The molecule has 0 saturated heterocycles. The van der Waals surface area contributed by atoms with E-state index in [4.69, 9.17) is 0 Å². The van der Waals surface area contributed by atoms with Crippen LogP contribution in [0, 0.1) is 13.8 Å². The predicted octanol–water partition coefficient (Wildman–Crippen LogP) is 0.294. The minimum absolute atomic E-state index is 1.17. The second-order valence-corrected chi connectivity index (χ2v) is 3.74. The van der Waals surface area contributed by atoms with Crippen molar-refractivity contribution in [2.24, 2.45) is 0 Å². The molecule has 48 valence electrons. The first kappa shape index (κ1) is 6.56. The minimum Gasteiger partial charge on any atom is -0.0705 e. The van der Waals surface area contributed by atoms with E-state index in [0.717, 1.165) is 0 Å². The highest BCUT2D eigenvalue weighted by Gasteiger charge is 1.88. The quantitative estimate of drug-likeness (QED) is 0.450. The Kier molecular flexibility index (Phi) is 1.72. The van der Waals surface area contributed by atoms with Crippen LogP contribution in [0.5, 0.6) is 0 Å². The first-order valence-electron chi connectivity index (χ1n) is 3.24. The van der Waals surface area contributed by atoms with E-state index in [0.29, 0.717) is 0 Å². The summed E-state index contributed by atoms with van der Waals surface area (Å²) in [6, 6.07) is 6.66. The van der Waals surface area contributed by atoms with Crippen molar-refractivity contribution < 1.29 is 0 Å². The highest BCUT2D eigenvalue weighted by Crippen LogP contribution is 2.01. The zero-order valence-electron chi connectivity index (χ0n) is 6.23. The van der Waals surface area contributed by atoms with Gasteiger partial charge in [-0.25, -0.2) is 0 Å². The monoisotopic (exact) mass is 136 g/mol. The van der Waals surface area contributed by atoms with Crippen LogP contribution in [0.4, 0.5) is 0 Å². The van der Waals surface area contributed by atoms with Gasteiger partial charge in [0, 0.05) is 10.2 Å². The van der Waals surface area contributed by atoms with Crippen LogP contribution < -0.4 is 5.19 Å². The van der Waals surface area contributed by atoms with Gasteiger partial charge in [0.1, 0.15) is 0 Å². The molecular formula is C8H12Si. The Balaban J connectivity index is 3.17. The molecule has 0 aliphatic heterocycles. The molecule has 0 fully saturated rings. The Morgan fingerprint density at radius 3 is 2.22 bits per heavy atom. The largest absolute Gasteiger partial charge is 0.0705 e. The third-order valence-corrected chi connectivity index (χ3v) is 2.28. The maximum atomic E-state index is 2.27. The van der Waals surface area contributed by atoms with Crippen molar-refractivity contribution in [3.63, 3.8) is 0 Å². The minimum atomic E-state index is 1.17. The predicted molar refractivity (Wildman–Crippen MR) is 45.5 cm³/mol. The molecule has 0 atom stereocenters. The number of hydrogen-bond acceptors (Lipinski definition) is 0. The van der Waals surface area contributed by atoms with Crippen LogP contribution in [0.2, 0.25) is 0 Å². The van der Waals surface area contributed by atoms with Gasteiger partial charge in [-0.05, 0) is 25.0 Å². The van der Waals surface area contributed by atoms with Crippen LogP contribution in [0.25, 0.3) is 0 Å². The van der Waals surface area contributed by atoms with Gasteiger partial charge in [0.05, 0.1) is 0 Å². The SMILES string of the molecule is Cc1ccc([SiH3])cc1C. The molecule has 0 aromatic heterocycles. The molecule has 0 spiro atoms. The standard InChI is InChI=1S/C8H12Si/c1-6-3-4-8(9)5-7(6)2/h3-5H,1-2,9H3. The first-order chi connectivity index (χ1) is 4.20. The number of hydrogen-bond donors (Lipinski definition) is 0. The van der Waals surface area contributed by atoms with Crippen LogP contribution in [-0.2, 0) is 0 Å². The number of aryl methyl sites for hydroxylation is 2. The fourth-order valence-electron chi connectivity index (χ4n) is 0.891. The van der Waals surface area contributed by atoms with Gasteiger partial charge < -0.3 is 0 Å². The van der Waals surface area contributed by atoms with Crippen molar-refractivity contribution in [2.75, 3.05) is 0 Å². The van der Waals surface area contributed by atoms with Gasteiger partial charge in [-0.15, -0.1) is 0 Å². The van der Waals surface area contributed by atoms with Crippen molar-refractivity contribution in [3.05, 3.63) is 29.3 Å².